The van der Waals surface area contributed by atoms with Crippen molar-refractivity contribution in [2.24, 2.45) is 0 Å². The molecule has 0 aliphatic heterocycles. The van der Waals surface area contributed by atoms with Gasteiger partial charge in [-0.1, -0.05) is 0 Å². The summed E-state index contributed by atoms with van der Waals surface area (Å²) in [6.45, 7) is 2.94. The maximum Gasteiger partial charge on any atom is 0.147 e. The van der Waals surface area contributed by atoms with E-state index in [4.69, 9.17) is 0 Å². The molecule has 0 bridgehead atoms. The Morgan fingerprint density at radius 1 is 1.31 bits per heavy atom. The monoisotopic (exact) mass is 220 g/mol. The van der Waals surface area contributed by atoms with Crippen LogP contribution in [-0.4, -0.2) is 41.0 Å². The first kappa shape index (κ1) is 11.3. The standard InChI is InChI=1S/C12H20N4/c1-10-11(14-8-7-13-10)15-9-12(16(2)3)5-4-6-12/h7-8H,4-6,9H2,1-3H3,(H,14,15). The molecule has 4 heteroatoms. The first-order valence-corrected chi connectivity index (χ1v) is 5.83. The molecule has 0 aromatic carbocycles. The van der Waals surface area contributed by atoms with Crippen molar-refractivity contribution in [2.75, 3.05) is 26.0 Å². The molecule has 0 saturated heterocycles. The lowest BCUT2D eigenvalue weighted by molar-refractivity contribution is 0.0738. The molecule has 0 radical (unpaired) electrons. The zero-order valence-electron chi connectivity index (χ0n) is 10.3. The fourth-order valence-corrected chi connectivity index (χ4v) is 2.20. The molecule has 1 aliphatic rings. The van der Waals surface area contributed by atoms with Gasteiger partial charge in [0.15, 0.2) is 0 Å². The van der Waals surface area contributed by atoms with E-state index in [1.165, 1.54) is 19.3 Å². The first-order valence-electron chi connectivity index (χ1n) is 5.83. The third kappa shape index (κ3) is 2.02. The van der Waals surface area contributed by atoms with E-state index in [-0.39, 0.29) is 0 Å². The van der Waals surface area contributed by atoms with Crippen LogP contribution in [-0.2, 0) is 0 Å². The molecule has 0 spiro atoms. The predicted molar refractivity (Wildman–Crippen MR) is 65.5 cm³/mol. The normalized spacial score (nSPS) is 18.2. The lowest BCUT2D eigenvalue weighted by Gasteiger charge is -2.47. The number of nitrogens with zero attached hydrogens (tertiary/aromatic N) is 3. The number of hydrogen-bond acceptors (Lipinski definition) is 4. The minimum absolute atomic E-state index is 0.323. The summed E-state index contributed by atoms with van der Waals surface area (Å²) >= 11 is 0. The summed E-state index contributed by atoms with van der Waals surface area (Å²) in [5.41, 5.74) is 1.29. The van der Waals surface area contributed by atoms with Crippen LogP contribution >= 0.6 is 0 Å². The van der Waals surface area contributed by atoms with Crippen LogP contribution < -0.4 is 5.32 Å². The molecular weight excluding hydrogens is 200 g/mol. The van der Waals surface area contributed by atoms with Crippen LogP contribution in [0.5, 0.6) is 0 Å². The molecule has 88 valence electrons. The van der Waals surface area contributed by atoms with Gasteiger partial charge in [0.25, 0.3) is 0 Å². The number of likely N-dealkylation sites (N-methyl/N-ethyl adjacent to an activating group) is 1. The lowest BCUT2D eigenvalue weighted by Crippen LogP contribution is -2.54. The van der Waals surface area contributed by atoms with Crippen molar-refractivity contribution < 1.29 is 0 Å². The fraction of sp³-hybridized carbons (Fsp3) is 0.667. The molecular formula is C12H20N4. The minimum Gasteiger partial charge on any atom is -0.367 e. The van der Waals surface area contributed by atoms with Gasteiger partial charge in [0.2, 0.25) is 0 Å². The quantitative estimate of drug-likeness (QED) is 0.838. The van der Waals surface area contributed by atoms with Crippen molar-refractivity contribution in [3.8, 4) is 0 Å². The number of aromatic nitrogens is 2. The zero-order valence-corrected chi connectivity index (χ0v) is 10.3. The van der Waals surface area contributed by atoms with Crippen LogP contribution in [0.25, 0.3) is 0 Å². The number of anilines is 1. The number of rotatable bonds is 4. The Kier molecular flexibility index (Phi) is 3.10. The van der Waals surface area contributed by atoms with Gasteiger partial charge in [-0.3, -0.25) is 4.98 Å². The Bertz CT molecular complexity index is 358. The molecule has 1 heterocycles. The molecule has 1 aromatic rings. The average Bonchev–Trinajstić information content (AvgIpc) is 2.18. The van der Waals surface area contributed by atoms with E-state index < -0.39 is 0 Å². The second-order valence-electron chi connectivity index (χ2n) is 4.82. The lowest BCUT2D eigenvalue weighted by atomic mass is 9.75. The Hall–Kier alpha value is -1.16. The highest BCUT2D eigenvalue weighted by Crippen LogP contribution is 2.36. The molecule has 1 aliphatic carbocycles. The Morgan fingerprint density at radius 2 is 2.00 bits per heavy atom. The van der Waals surface area contributed by atoms with Gasteiger partial charge in [0.05, 0.1) is 5.69 Å². The van der Waals surface area contributed by atoms with Crippen molar-refractivity contribution >= 4 is 5.82 Å². The molecule has 4 nitrogen and oxygen atoms in total. The van der Waals surface area contributed by atoms with Crippen LogP contribution in [0.2, 0.25) is 0 Å². The van der Waals surface area contributed by atoms with E-state index in [9.17, 15) is 0 Å². The second kappa shape index (κ2) is 4.37. The Labute approximate surface area is 97.1 Å². The Morgan fingerprint density at radius 3 is 2.50 bits per heavy atom. The molecule has 0 atom stereocenters. The summed E-state index contributed by atoms with van der Waals surface area (Å²) in [6.07, 6.45) is 7.34. The number of hydrogen-bond donors (Lipinski definition) is 1. The third-order valence-electron chi connectivity index (χ3n) is 3.70. The first-order chi connectivity index (χ1) is 7.64. The van der Waals surface area contributed by atoms with Gasteiger partial charge in [-0.05, 0) is 40.3 Å². The van der Waals surface area contributed by atoms with Crippen molar-refractivity contribution in [1.82, 2.24) is 14.9 Å². The van der Waals surface area contributed by atoms with E-state index in [0.717, 1.165) is 18.1 Å². The molecule has 2 rings (SSSR count). The summed E-state index contributed by atoms with van der Waals surface area (Å²) in [6, 6.07) is 0. The molecule has 1 saturated carbocycles. The number of nitrogens with one attached hydrogen (secondary N) is 1. The van der Waals surface area contributed by atoms with Gasteiger partial charge in [-0.25, -0.2) is 4.98 Å². The van der Waals surface area contributed by atoms with Gasteiger partial charge in [0.1, 0.15) is 5.82 Å². The van der Waals surface area contributed by atoms with Crippen LogP contribution in [0.4, 0.5) is 5.82 Å². The highest BCUT2D eigenvalue weighted by atomic mass is 15.2. The molecule has 1 fully saturated rings. The maximum absolute atomic E-state index is 4.31. The fourth-order valence-electron chi connectivity index (χ4n) is 2.20. The SMILES string of the molecule is Cc1nccnc1NCC1(N(C)C)CCC1. The van der Waals surface area contributed by atoms with Crippen LogP contribution in [0.3, 0.4) is 0 Å². The van der Waals surface area contributed by atoms with E-state index >= 15 is 0 Å². The second-order valence-corrected chi connectivity index (χ2v) is 4.82. The van der Waals surface area contributed by atoms with Gasteiger partial charge in [0, 0.05) is 24.5 Å². The van der Waals surface area contributed by atoms with E-state index in [1.807, 2.05) is 6.92 Å². The van der Waals surface area contributed by atoms with E-state index in [1.54, 1.807) is 12.4 Å². The van der Waals surface area contributed by atoms with Gasteiger partial charge in [-0.15, -0.1) is 0 Å². The van der Waals surface area contributed by atoms with Crippen molar-refractivity contribution in [2.45, 2.75) is 31.7 Å². The van der Waals surface area contributed by atoms with Crippen molar-refractivity contribution in [1.29, 1.82) is 0 Å². The highest BCUT2D eigenvalue weighted by Gasteiger charge is 2.38. The zero-order chi connectivity index (χ0) is 11.6. The molecule has 16 heavy (non-hydrogen) atoms. The topological polar surface area (TPSA) is 41.1 Å². The summed E-state index contributed by atoms with van der Waals surface area (Å²) in [5, 5.41) is 3.42. The van der Waals surface area contributed by atoms with E-state index in [2.05, 4.69) is 34.3 Å². The summed E-state index contributed by atoms with van der Waals surface area (Å²) < 4.78 is 0. The van der Waals surface area contributed by atoms with E-state index in [0.29, 0.717) is 5.54 Å². The minimum atomic E-state index is 0.323. The maximum atomic E-state index is 4.31. The molecule has 1 aromatic heterocycles. The average molecular weight is 220 g/mol. The van der Waals surface area contributed by atoms with Crippen LogP contribution in [0.1, 0.15) is 25.0 Å². The number of aryl methyl sites for hydroxylation is 1. The van der Waals surface area contributed by atoms with Gasteiger partial charge in [-0.2, -0.15) is 0 Å². The molecule has 0 unspecified atom stereocenters. The van der Waals surface area contributed by atoms with Crippen molar-refractivity contribution in [3.63, 3.8) is 0 Å². The third-order valence-corrected chi connectivity index (χ3v) is 3.70. The summed E-state index contributed by atoms with van der Waals surface area (Å²) in [7, 11) is 4.31. The molecule has 0 amide bonds. The van der Waals surface area contributed by atoms with Gasteiger partial charge >= 0.3 is 0 Å². The Balaban J connectivity index is 1.99. The molecule has 1 N–H and O–H groups in total. The van der Waals surface area contributed by atoms with Gasteiger partial charge < -0.3 is 10.2 Å². The smallest absolute Gasteiger partial charge is 0.147 e. The van der Waals surface area contributed by atoms with Crippen LogP contribution in [0.15, 0.2) is 12.4 Å². The summed E-state index contributed by atoms with van der Waals surface area (Å²) in [5.74, 6) is 0.913. The summed E-state index contributed by atoms with van der Waals surface area (Å²) in [4.78, 5) is 10.9. The van der Waals surface area contributed by atoms with Crippen LogP contribution in [0, 0.1) is 6.92 Å². The largest absolute Gasteiger partial charge is 0.367 e. The van der Waals surface area contributed by atoms with Crippen molar-refractivity contribution in [3.05, 3.63) is 18.1 Å². The predicted octanol–water partition coefficient (Wildman–Crippen LogP) is 1.68. The highest BCUT2D eigenvalue weighted by molar-refractivity contribution is 5.39.